The Balaban J connectivity index is 1.73. The van der Waals surface area contributed by atoms with Gasteiger partial charge in [0.1, 0.15) is 5.82 Å². The van der Waals surface area contributed by atoms with Crippen molar-refractivity contribution < 1.29 is 0 Å². The van der Waals surface area contributed by atoms with Crippen LogP contribution in [0.25, 0.3) is 5.69 Å². The van der Waals surface area contributed by atoms with Crippen molar-refractivity contribution in [2.24, 2.45) is 0 Å². The van der Waals surface area contributed by atoms with E-state index < -0.39 is 0 Å². The highest BCUT2D eigenvalue weighted by atomic mass is 35.5. The molecule has 2 aliphatic rings. The minimum atomic E-state index is 0.637. The Morgan fingerprint density at radius 1 is 0.960 bits per heavy atom. The molecule has 6 heteroatoms. The molecule has 1 fully saturated rings. The number of hydrogen-bond donors (Lipinski definition) is 1. The van der Waals surface area contributed by atoms with Crippen LogP contribution in [0.4, 0.5) is 5.82 Å². The van der Waals surface area contributed by atoms with Crippen molar-refractivity contribution in [3.05, 3.63) is 39.5 Å². The van der Waals surface area contributed by atoms with Gasteiger partial charge in [0.15, 0.2) is 0 Å². The Morgan fingerprint density at radius 3 is 2.48 bits per heavy atom. The van der Waals surface area contributed by atoms with Crippen LogP contribution < -0.4 is 5.32 Å². The zero-order valence-corrected chi connectivity index (χ0v) is 15.9. The summed E-state index contributed by atoms with van der Waals surface area (Å²) in [5.74, 6) is 1.11. The molecule has 0 aliphatic carbocycles. The molecule has 25 heavy (non-hydrogen) atoms. The Hall–Kier alpha value is -1.23. The van der Waals surface area contributed by atoms with E-state index in [1.54, 1.807) is 6.07 Å². The van der Waals surface area contributed by atoms with E-state index in [1.165, 1.54) is 56.5 Å². The van der Waals surface area contributed by atoms with Gasteiger partial charge in [-0.2, -0.15) is 5.10 Å². The zero-order chi connectivity index (χ0) is 17.2. The zero-order valence-electron chi connectivity index (χ0n) is 14.4. The van der Waals surface area contributed by atoms with Gasteiger partial charge in [-0.1, -0.05) is 29.6 Å². The van der Waals surface area contributed by atoms with E-state index in [0.29, 0.717) is 10.0 Å². The summed E-state index contributed by atoms with van der Waals surface area (Å²) in [6.45, 7) is 4.28. The van der Waals surface area contributed by atoms with Crippen LogP contribution in [0.1, 0.15) is 43.4 Å². The highest BCUT2D eigenvalue weighted by Crippen LogP contribution is 2.31. The van der Waals surface area contributed by atoms with Gasteiger partial charge in [0.2, 0.25) is 0 Å². The quantitative estimate of drug-likeness (QED) is 0.822. The number of benzene rings is 1. The summed E-state index contributed by atoms with van der Waals surface area (Å²) < 4.78 is 2.00. The van der Waals surface area contributed by atoms with Crippen LogP contribution in [0.3, 0.4) is 0 Å². The molecule has 0 atom stereocenters. The van der Waals surface area contributed by atoms with Crippen LogP contribution in [0.15, 0.2) is 18.2 Å². The van der Waals surface area contributed by atoms with Crippen LogP contribution in [0.5, 0.6) is 0 Å². The van der Waals surface area contributed by atoms with E-state index in [2.05, 4.69) is 10.2 Å². The van der Waals surface area contributed by atoms with Crippen LogP contribution >= 0.6 is 23.2 Å². The Bertz CT molecular complexity index is 730. The maximum Gasteiger partial charge on any atom is 0.133 e. The van der Waals surface area contributed by atoms with E-state index >= 15 is 0 Å². The maximum absolute atomic E-state index is 6.22. The van der Waals surface area contributed by atoms with Crippen LogP contribution in [0, 0.1) is 0 Å². The Morgan fingerprint density at radius 2 is 1.72 bits per heavy atom. The molecule has 2 aliphatic heterocycles. The van der Waals surface area contributed by atoms with Gasteiger partial charge < -0.3 is 5.32 Å². The number of aromatic nitrogens is 2. The number of nitrogens with one attached hydrogen (secondary N) is 1. The van der Waals surface area contributed by atoms with E-state index in [1.807, 2.05) is 16.8 Å². The third kappa shape index (κ3) is 3.81. The highest BCUT2D eigenvalue weighted by Gasteiger charge is 2.23. The fraction of sp³-hybridized carbons (Fsp3) is 0.526. The second-order valence-corrected chi connectivity index (χ2v) is 7.91. The van der Waals surface area contributed by atoms with E-state index in [9.17, 15) is 0 Å². The van der Waals surface area contributed by atoms with Gasteiger partial charge in [-0.3, -0.25) is 4.90 Å². The number of hydrogen-bond acceptors (Lipinski definition) is 3. The van der Waals surface area contributed by atoms with Crippen molar-refractivity contribution in [2.45, 2.75) is 45.1 Å². The SMILES string of the molecule is Clc1cc(Cl)cc(-n2nc(CN3CCCCC3)c3c2NCCCC3)c1. The summed E-state index contributed by atoms with van der Waals surface area (Å²) in [5, 5.41) is 9.83. The molecule has 0 unspecified atom stereocenters. The molecule has 134 valence electrons. The molecule has 0 radical (unpaired) electrons. The first kappa shape index (κ1) is 17.2. The van der Waals surface area contributed by atoms with Gasteiger partial charge in [-0.15, -0.1) is 0 Å². The van der Waals surface area contributed by atoms with Crippen molar-refractivity contribution in [3.8, 4) is 5.69 Å². The molecule has 1 saturated heterocycles. The lowest BCUT2D eigenvalue weighted by molar-refractivity contribution is 0.217. The first-order chi connectivity index (χ1) is 12.2. The minimum absolute atomic E-state index is 0.637. The monoisotopic (exact) mass is 378 g/mol. The molecule has 1 N–H and O–H groups in total. The second-order valence-electron chi connectivity index (χ2n) is 7.03. The van der Waals surface area contributed by atoms with Crippen molar-refractivity contribution in [1.82, 2.24) is 14.7 Å². The van der Waals surface area contributed by atoms with E-state index in [-0.39, 0.29) is 0 Å². The van der Waals surface area contributed by atoms with Crippen molar-refractivity contribution in [1.29, 1.82) is 0 Å². The summed E-state index contributed by atoms with van der Waals surface area (Å²) in [6, 6.07) is 5.62. The Labute approximate surface area is 159 Å². The molecule has 4 rings (SSSR count). The molecule has 0 spiro atoms. The van der Waals surface area contributed by atoms with Gasteiger partial charge in [0, 0.05) is 28.7 Å². The first-order valence-electron chi connectivity index (χ1n) is 9.24. The van der Waals surface area contributed by atoms with Crippen LogP contribution in [-0.2, 0) is 13.0 Å². The first-order valence-corrected chi connectivity index (χ1v) is 10.00. The molecule has 4 nitrogen and oxygen atoms in total. The Kier molecular flexibility index (Phi) is 5.20. The normalized spacial score (nSPS) is 18.5. The highest BCUT2D eigenvalue weighted by molar-refractivity contribution is 6.34. The van der Waals surface area contributed by atoms with E-state index in [0.717, 1.165) is 31.0 Å². The predicted octanol–water partition coefficient (Wildman–Crippen LogP) is 4.91. The summed E-state index contributed by atoms with van der Waals surface area (Å²) in [7, 11) is 0. The smallest absolute Gasteiger partial charge is 0.133 e. The van der Waals surface area contributed by atoms with Gasteiger partial charge >= 0.3 is 0 Å². The number of nitrogens with zero attached hydrogens (tertiary/aromatic N) is 3. The largest absolute Gasteiger partial charge is 0.370 e. The van der Waals surface area contributed by atoms with Gasteiger partial charge in [0.25, 0.3) is 0 Å². The summed E-state index contributed by atoms with van der Waals surface area (Å²) in [5.41, 5.74) is 3.48. The molecular weight excluding hydrogens is 355 g/mol. The summed E-state index contributed by atoms with van der Waals surface area (Å²) in [4.78, 5) is 2.53. The lowest BCUT2D eigenvalue weighted by Gasteiger charge is -2.25. The van der Waals surface area contributed by atoms with Crippen molar-refractivity contribution in [2.75, 3.05) is 25.0 Å². The summed E-state index contributed by atoms with van der Waals surface area (Å²) >= 11 is 12.4. The number of fused-ring (bicyclic) bond motifs is 1. The minimum Gasteiger partial charge on any atom is -0.370 e. The molecule has 0 saturated carbocycles. The fourth-order valence-corrected chi connectivity index (χ4v) is 4.39. The number of likely N-dealkylation sites (tertiary alicyclic amines) is 1. The number of rotatable bonds is 3. The lowest BCUT2D eigenvalue weighted by Crippen LogP contribution is -2.29. The predicted molar refractivity (Wildman–Crippen MR) is 104 cm³/mol. The lowest BCUT2D eigenvalue weighted by atomic mass is 10.1. The third-order valence-electron chi connectivity index (χ3n) is 5.13. The van der Waals surface area contributed by atoms with Crippen LogP contribution in [-0.4, -0.2) is 34.3 Å². The van der Waals surface area contributed by atoms with Crippen molar-refractivity contribution >= 4 is 29.0 Å². The molecule has 1 aromatic carbocycles. The summed E-state index contributed by atoms with van der Waals surface area (Å²) in [6.07, 6.45) is 7.42. The second kappa shape index (κ2) is 7.56. The molecule has 2 aromatic rings. The molecule has 0 bridgehead atoms. The molecular formula is C19H24Cl2N4. The van der Waals surface area contributed by atoms with Gasteiger partial charge in [-0.25, -0.2) is 4.68 Å². The van der Waals surface area contributed by atoms with Gasteiger partial charge in [0.05, 0.1) is 11.4 Å². The van der Waals surface area contributed by atoms with Crippen LogP contribution in [0.2, 0.25) is 10.0 Å². The topological polar surface area (TPSA) is 33.1 Å². The number of anilines is 1. The third-order valence-corrected chi connectivity index (χ3v) is 5.56. The number of halogens is 2. The molecule has 1 aromatic heterocycles. The standard InChI is InChI=1S/C19H24Cl2N4/c20-14-10-15(21)12-16(11-14)25-19-17(6-2-3-7-22-19)18(23-25)13-24-8-4-1-5-9-24/h10-12,22H,1-9,13H2. The van der Waals surface area contributed by atoms with E-state index in [4.69, 9.17) is 28.3 Å². The maximum atomic E-state index is 6.22. The van der Waals surface area contributed by atoms with Gasteiger partial charge in [-0.05, 0) is 63.4 Å². The number of piperidine rings is 1. The molecule has 0 amide bonds. The fourth-order valence-electron chi connectivity index (χ4n) is 3.88. The van der Waals surface area contributed by atoms with Crippen molar-refractivity contribution in [3.63, 3.8) is 0 Å². The average Bonchev–Trinajstić information content (AvgIpc) is 2.78. The average molecular weight is 379 g/mol. The molecule has 3 heterocycles.